The van der Waals surface area contributed by atoms with Crippen LogP contribution in [0.5, 0.6) is 0 Å². The van der Waals surface area contributed by atoms with Gasteiger partial charge in [-0.3, -0.25) is 14.9 Å². The van der Waals surface area contributed by atoms with Crippen LogP contribution >= 0.6 is 0 Å². The molecule has 6 nitrogen and oxygen atoms in total. The van der Waals surface area contributed by atoms with E-state index in [1.807, 2.05) is 62.4 Å². The molecular formula is C28H29N3O3. The summed E-state index contributed by atoms with van der Waals surface area (Å²) < 4.78 is 2.12. The number of nitro benzene ring substituents is 1. The predicted molar refractivity (Wildman–Crippen MR) is 135 cm³/mol. The minimum absolute atomic E-state index is 0.0300. The smallest absolute Gasteiger partial charge is 0.270 e. The molecule has 6 heteroatoms. The molecule has 0 aliphatic rings. The first-order valence-corrected chi connectivity index (χ1v) is 11.6. The van der Waals surface area contributed by atoms with Gasteiger partial charge in [0.05, 0.1) is 4.92 Å². The molecular weight excluding hydrogens is 426 g/mol. The molecule has 0 radical (unpaired) electrons. The number of nitrogens with zero attached hydrogens (tertiary/aromatic N) is 2. The topological polar surface area (TPSA) is 77.2 Å². The number of nitro groups is 1. The molecule has 1 amide bonds. The van der Waals surface area contributed by atoms with Gasteiger partial charge in [0, 0.05) is 54.2 Å². The summed E-state index contributed by atoms with van der Waals surface area (Å²) in [5.41, 5.74) is 4.01. The van der Waals surface area contributed by atoms with Crippen molar-refractivity contribution in [1.82, 2.24) is 9.88 Å². The van der Waals surface area contributed by atoms with E-state index in [2.05, 4.69) is 28.2 Å². The number of non-ortho nitro benzene ring substituents is 1. The van der Waals surface area contributed by atoms with Gasteiger partial charge < -0.3 is 9.88 Å². The maximum Gasteiger partial charge on any atom is 0.270 e. The second-order valence-corrected chi connectivity index (χ2v) is 8.70. The van der Waals surface area contributed by atoms with Crippen LogP contribution in [0.2, 0.25) is 0 Å². The van der Waals surface area contributed by atoms with E-state index in [0.717, 1.165) is 34.0 Å². The van der Waals surface area contributed by atoms with E-state index in [0.29, 0.717) is 6.54 Å². The molecule has 0 fully saturated rings. The van der Waals surface area contributed by atoms with Gasteiger partial charge in [-0.2, -0.15) is 0 Å². The number of amides is 1. The van der Waals surface area contributed by atoms with Crippen molar-refractivity contribution in [2.75, 3.05) is 0 Å². The number of benzene rings is 3. The zero-order valence-corrected chi connectivity index (χ0v) is 19.5. The van der Waals surface area contributed by atoms with E-state index in [4.69, 9.17) is 0 Å². The molecule has 1 aromatic heterocycles. The van der Waals surface area contributed by atoms with Crippen molar-refractivity contribution in [3.05, 3.63) is 112 Å². The van der Waals surface area contributed by atoms with Crippen LogP contribution in [0.15, 0.2) is 85.1 Å². The predicted octanol–water partition coefficient (Wildman–Crippen LogP) is 6.03. The Labute approximate surface area is 199 Å². The fraction of sp³-hybridized carbons (Fsp3) is 0.250. The van der Waals surface area contributed by atoms with Crippen molar-refractivity contribution < 1.29 is 9.72 Å². The number of carbonyl (C=O) groups excluding carboxylic acids is 1. The molecule has 4 aromatic rings. The van der Waals surface area contributed by atoms with E-state index in [1.165, 1.54) is 0 Å². The van der Waals surface area contributed by atoms with Gasteiger partial charge in [-0.25, -0.2) is 0 Å². The minimum Gasteiger partial charge on any atom is -0.354 e. The Bertz CT molecular complexity index is 1280. The van der Waals surface area contributed by atoms with E-state index in [1.54, 1.807) is 18.2 Å². The molecule has 0 spiro atoms. The summed E-state index contributed by atoms with van der Waals surface area (Å²) in [6.07, 6.45) is 3.17. The van der Waals surface area contributed by atoms with Crippen LogP contribution in [0, 0.1) is 10.1 Å². The summed E-state index contributed by atoms with van der Waals surface area (Å²) in [5.74, 6) is -0.260. The number of nitrogens with one attached hydrogen (secondary N) is 1. The van der Waals surface area contributed by atoms with Crippen LogP contribution in [-0.4, -0.2) is 21.4 Å². The maximum atomic E-state index is 13.0. The van der Waals surface area contributed by atoms with Crippen LogP contribution in [0.1, 0.15) is 49.3 Å². The molecule has 1 N–H and O–H groups in total. The SMILES string of the molecule is CC[C@@H](C)NC(=O)C[C@H](c1ccccc1)c1cn(Cc2ccccc2)c2ccc([N+](=O)[O-])cc12. The first-order valence-electron chi connectivity index (χ1n) is 11.6. The molecule has 0 bridgehead atoms. The number of fused-ring (bicyclic) bond motifs is 1. The van der Waals surface area contributed by atoms with Crippen LogP contribution < -0.4 is 5.32 Å². The number of hydrogen-bond donors (Lipinski definition) is 1. The molecule has 2 atom stereocenters. The molecule has 0 saturated heterocycles. The van der Waals surface area contributed by atoms with Gasteiger partial charge in [-0.15, -0.1) is 0 Å². The lowest BCUT2D eigenvalue weighted by Crippen LogP contribution is -2.33. The standard InChI is InChI=1S/C28H29N3O3/c1-3-20(2)29-28(32)17-24(22-12-8-5-9-13-22)26-19-30(18-21-10-6-4-7-11-21)27-15-14-23(31(33)34)16-25(26)27/h4-16,19-20,24H,3,17-18H2,1-2H3,(H,29,32)/t20-,24-/m1/s1. The zero-order chi connectivity index (χ0) is 24.1. The lowest BCUT2D eigenvalue weighted by Gasteiger charge is -2.19. The fourth-order valence-corrected chi connectivity index (χ4v) is 4.33. The zero-order valence-electron chi connectivity index (χ0n) is 19.5. The number of aromatic nitrogens is 1. The Hall–Kier alpha value is -3.93. The Morgan fingerprint density at radius 3 is 2.35 bits per heavy atom. The summed E-state index contributed by atoms with van der Waals surface area (Å²) in [6, 6.07) is 25.1. The molecule has 34 heavy (non-hydrogen) atoms. The first kappa shape index (κ1) is 23.2. The van der Waals surface area contributed by atoms with Crippen molar-refractivity contribution >= 4 is 22.5 Å². The minimum atomic E-state index is -0.370. The summed E-state index contributed by atoms with van der Waals surface area (Å²) in [5, 5.41) is 15.4. The summed E-state index contributed by atoms with van der Waals surface area (Å²) in [4.78, 5) is 24.1. The van der Waals surface area contributed by atoms with Crippen LogP contribution in [0.3, 0.4) is 0 Å². The summed E-state index contributed by atoms with van der Waals surface area (Å²) in [6.45, 7) is 4.66. The lowest BCUT2D eigenvalue weighted by molar-refractivity contribution is -0.384. The van der Waals surface area contributed by atoms with Gasteiger partial charge in [-0.1, -0.05) is 67.6 Å². The average Bonchev–Trinajstić information content (AvgIpc) is 3.20. The van der Waals surface area contributed by atoms with Gasteiger partial charge in [0.1, 0.15) is 0 Å². The fourth-order valence-electron chi connectivity index (χ4n) is 4.33. The number of rotatable bonds is 9. The van der Waals surface area contributed by atoms with Gasteiger partial charge in [-0.05, 0) is 36.1 Å². The van der Waals surface area contributed by atoms with Crippen LogP contribution in [0.4, 0.5) is 5.69 Å². The van der Waals surface area contributed by atoms with Crippen molar-refractivity contribution in [1.29, 1.82) is 0 Å². The van der Waals surface area contributed by atoms with Gasteiger partial charge in [0.25, 0.3) is 5.69 Å². The van der Waals surface area contributed by atoms with Crippen molar-refractivity contribution in [3.8, 4) is 0 Å². The highest BCUT2D eigenvalue weighted by Gasteiger charge is 2.24. The Morgan fingerprint density at radius 1 is 1.03 bits per heavy atom. The van der Waals surface area contributed by atoms with E-state index >= 15 is 0 Å². The van der Waals surface area contributed by atoms with Gasteiger partial charge in [0.2, 0.25) is 5.91 Å². The average molecular weight is 456 g/mol. The van der Waals surface area contributed by atoms with Gasteiger partial charge >= 0.3 is 0 Å². The molecule has 1 heterocycles. The maximum absolute atomic E-state index is 13.0. The van der Waals surface area contributed by atoms with Crippen molar-refractivity contribution in [2.24, 2.45) is 0 Å². The third-order valence-electron chi connectivity index (χ3n) is 6.29. The molecule has 4 rings (SSSR count). The highest BCUT2D eigenvalue weighted by molar-refractivity contribution is 5.88. The molecule has 0 saturated carbocycles. The molecule has 0 aliphatic carbocycles. The van der Waals surface area contributed by atoms with E-state index in [9.17, 15) is 14.9 Å². The second kappa shape index (κ2) is 10.3. The van der Waals surface area contributed by atoms with E-state index in [-0.39, 0.29) is 34.9 Å². The van der Waals surface area contributed by atoms with E-state index < -0.39 is 0 Å². The third kappa shape index (κ3) is 5.17. The summed E-state index contributed by atoms with van der Waals surface area (Å²) >= 11 is 0. The molecule has 3 aromatic carbocycles. The highest BCUT2D eigenvalue weighted by Crippen LogP contribution is 2.36. The summed E-state index contributed by atoms with van der Waals surface area (Å²) in [7, 11) is 0. The number of hydrogen-bond acceptors (Lipinski definition) is 3. The van der Waals surface area contributed by atoms with Crippen LogP contribution in [0.25, 0.3) is 10.9 Å². The van der Waals surface area contributed by atoms with Crippen molar-refractivity contribution in [3.63, 3.8) is 0 Å². The first-order chi connectivity index (χ1) is 16.5. The lowest BCUT2D eigenvalue weighted by atomic mass is 9.88. The van der Waals surface area contributed by atoms with Crippen molar-refractivity contribution in [2.45, 2.75) is 45.2 Å². The molecule has 0 unspecified atom stereocenters. The number of carbonyl (C=O) groups is 1. The quantitative estimate of drug-likeness (QED) is 0.247. The van der Waals surface area contributed by atoms with Crippen LogP contribution in [-0.2, 0) is 11.3 Å². The monoisotopic (exact) mass is 455 g/mol. The normalized spacial score (nSPS) is 12.9. The largest absolute Gasteiger partial charge is 0.354 e. The Kier molecular flexibility index (Phi) is 7.07. The Balaban J connectivity index is 1.84. The molecule has 174 valence electrons. The Morgan fingerprint density at radius 2 is 1.71 bits per heavy atom. The second-order valence-electron chi connectivity index (χ2n) is 8.70. The third-order valence-corrected chi connectivity index (χ3v) is 6.29. The highest BCUT2D eigenvalue weighted by atomic mass is 16.6. The molecule has 0 aliphatic heterocycles. The van der Waals surface area contributed by atoms with Gasteiger partial charge in [0.15, 0.2) is 0 Å².